The molecule has 0 saturated carbocycles. The maximum Gasteiger partial charge on any atom is 0.341 e. The molecule has 0 bridgehead atoms. The quantitative estimate of drug-likeness (QED) is 0.427. The number of carbonyl (C=O) groups is 1. The molecule has 0 fully saturated rings. The van der Waals surface area contributed by atoms with E-state index in [1.165, 1.54) is 17.4 Å². The van der Waals surface area contributed by atoms with Gasteiger partial charge in [-0.2, -0.15) is 9.97 Å². The number of ether oxygens (including phenoxy) is 1. The van der Waals surface area contributed by atoms with Crippen molar-refractivity contribution in [1.29, 1.82) is 0 Å². The first kappa shape index (κ1) is 21.9. The monoisotopic (exact) mass is 472 g/mol. The summed E-state index contributed by atoms with van der Waals surface area (Å²) in [6.07, 6.45) is 0. The molecule has 166 valence electrons. The zero-order chi connectivity index (χ0) is 23.1. The van der Waals surface area contributed by atoms with E-state index in [0.29, 0.717) is 10.6 Å². The molecule has 0 atom stereocenters. The van der Waals surface area contributed by atoms with Crippen molar-refractivity contribution in [3.8, 4) is 6.01 Å². The fourth-order valence-electron chi connectivity index (χ4n) is 2.99. The summed E-state index contributed by atoms with van der Waals surface area (Å²) < 4.78 is 31.7. The van der Waals surface area contributed by atoms with E-state index in [1.807, 2.05) is 24.3 Å². The third kappa shape index (κ3) is 4.08. The molecule has 2 aromatic carbocycles. The normalized spacial score (nSPS) is 12.2. The van der Waals surface area contributed by atoms with Gasteiger partial charge in [-0.15, -0.1) is 0 Å². The number of hydrogen-bond acceptors (Lipinski definition) is 9. The first-order valence-corrected chi connectivity index (χ1v) is 11.9. The van der Waals surface area contributed by atoms with Crippen molar-refractivity contribution >= 4 is 59.2 Å². The van der Waals surface area contributed by atoms with E-state index in [-0.39, 0.29) is 22.1 Å². The molecule has 0 saturated heterocycles. The number of carboxylic acid groups (broad SMARTS) is 1. The Kier molecular flexibility index (Phi) is 5.47. The number of nitrogens with one attached hydrogen (secondary N) is 1. The molecule has 0 aliphatic rings. The zero-order valence-corrected chi connectivity index (χ0v) is 19.1. The molecule has 0 radical (unpaired) electrons. The first-order valence-electron chi connectivity index (χ1n) is 9.59. The van der Waals surface area contributed by atoms with Crippen LogP contribution >= 0.6 is 11.3 Å². The standard InChI is InChI=1S/C21H20N4O5S2/c1-21(2,3)32(28,29)15-10-6-8-13-17(15)18(24-19(22-13)30-11-16(26)27)25-20-23-12-7-4-5-9-14(12)31-20/h4-10H,11H2,1-3H3,(H,26,27)(H,22,23,24,25). The summed E-state index contributed by atoms with van der Waals surface area (Å²) >= 11 is 1.38. The van der Waals surface area contributed by atoms with Gasteiger partial charge in [0.2, 0.25) is 0 Å². The lowest BCUT2D eigenvalue weighted by atomic mass is 10.2. The van der Waals surface area contributed by atoms with Crippen LogP contribution in [0.3, 0.4) is 0 Å². The number of aliphatic carboxylic acids is 1. The molecular formula is C21H20N4O5S2. The van der Waals surface area contributed by atoms with Crippen LogP contribution in [0.2, 0.25) is 0 Å². The van der Waals surface area contributed by atoms with Crippen molar-refractivity contribution in [3.05, 3.63) is 42.5 Å². The van der Waals surface area contributed by atoms with Crippen molar-refractivity contribution in [2.75, 3.05) is 11.9 Å². The minimum atomic E-state index is -3.75. The summed E-state index contributed by atoms with van der Waals surface area (Å²) in [6, 6.07) is 12.1. The highest BCUT2D eigenvalue weighted by molar-refractivity contribution is 7.93. The highest BCUT2D eigenvalue weighted by Gasteiger charge is 2.33. The zero-order valence-electron chi connectivity index (χ0n) is 17.5. The van der Waals surface area contributed by atoms with E-state index < -0.39 is 27.2 Å². The average Bonchev–Trinajstić information content (AvgIpc) is 3.13. The molecule has 4 aromatic rings. The molecular weight excluding hydrogens is 452 g/mol. The van der Waals surface area contributed by atoms with Gasteiger partial charge in [0.25, 0.3) is 0 Å². The molecule has 0 amide bonds. The number of carboxylic acids is 1. The average molecular weight is 473 g/mol. The summed E-state index contributed by atoms with van der Waals surface area (Å²) in [4.78, 5) is 24.0. The fourth-order valence-corrected chi connectivity index (χ4v) is 5.24. The largest absolute Gasteiger partial charge is 0.479 e. The molecule has 2 heterocycles. The minimum Gasteiger partial charge on any atom is -0.479 e. The Hall–Kier alpha value is -3.31. The van der Waals surface area contributed by atoms with E-state index in [0.717, 1.165) is 10.2 Å². The van der Waals surface area contributed by atoms with Crippen molar-refractivity contribution in [2.45, 2.75) is 30.4 Å². The van der Waals surface area contributed by atoms with Crippen LogP contribution in [0.5, 0.6) is 6.01 Å². The van der Waals surface area contributed by atoms with Gasteiger partial charge in [-0.05, 0) is 45.0 Å². The van der Waals surface area contributed by atoms with Gasteiger partial charge in [-0.1, -0.05) is 29.5 Å². The first-order chi connectivity index (χ1) is 15.1. The van der Waals surface area contributed by atoms with Gasteiger partial charge in [0.05, 0.1) is 30.8 Å². The van der Waals surface area contributed by atoms with Crippen LogP contribution < -0.4 is 10.1 Å². The molecule has 2 N–H and O–H groups in total. The Labute approximate surface area is 188 Å². The molecule has 32 heavy (non-hydrogen) atoms. The van der Waals surface area contributed by atoms with Crippen molar-refractivity contribution in [3.63, 3.8) is 0 Å². The molecule has 0 spiro atoms. The topological polar surface area (TPSA) is 131 Å². The summed E-state index contributed by atoms with van der Waals surface area (Å²) in [5.74, 6) is -1.02. The number of sulfone groups is 1. The van der Waals surface area contributed by atoms with Crippen LogP contribution in [-0.2, 0) is 14.6 Å². The Morgan fingerprint density at radius 1 is 1.06 bits per heavy atom. The number of benzene rings is 2. The number of thiazole rings is 1. The minimum absolute atomic E-state index is 0.0656. The van der Waals surface area contributed by atoms with E-state index in [9.17, 15) is 13.2 Å². The predicted octanol–water partition coefficient (Wildman–Crippen LogP) is 4.02. The number of fused-ring (bicyclic) bond motifs is 2. The van der Waals surface area contributed by atoms with Crippen molar-refractivity contribution in [2.24, 2.45) is 0 Å². The molecule has 9 nitrogen and oxygen atoms in total. The lowest BCUT2D eigenvalue weighted by Gasteiger charge is -2.21. The second-order valence-corrected chi connectivity index (χ2v) is 11.6. The maximum absolute atomic E-state index is 13.3. The molecule has 4 rings (SSSR count). The number of para-hydroxylation sites is 1. The van der Waals surface area contributed by atoms with Crippen molar-refractivity contribution < 1.29 is 23.1 Å². The third-order valence-electron chi connectivity index (χ3n) is 4.60. The highest BCUT2D eigenvalue weighted by Crippen LogP contribution is 2.37. The fraction of sp³-hybridized carbons (Fsp3) is 0.238. The van der Waals surface area contributed by atoms with Gasteiger partial charge >= 0.3 is 12.0 Å². The van der Waals surface area contributed by atoms with Crippen LogP contribution in [0.25, 0.3) is 21.1 Å². The number of aromatic nitrogens is 3. The van der Waals surface area contributed by atoms with E-state index in [4.69, 9.17) is 9.84 Å². The molecule has 11 heteroatoms. The highest BCUT2D eigenvalue weighted by atomic mass is 32.2. The van der Waals surface area contributed by atoms with Crippen molar-refractivity contribution in [1.82, 2.24) is 15.0 Å². The number of anilines is 2. The summed E-state index contributed by atoms with van der Waals surface area (Å²) in [5, 5.41) is 12.8. The molecule has 0 aliphatic heterocycles. The van der Waals surface area contributed by atoms with Crippen LogP contribution in [0.1, 0.15) is 20.8 Å². The van der Waals surface area contributed by atoms with E-state index in [1.54, 1.807) is 32.9 Å². The Bertz CT molecular complexity index is 1410. The third-order valence-corrected chi connectivity index (χ3v) is 8.09. The lowest BCUT2D eigenvalue weighted by molar-refractivity contribution is -0.139. The van der Waals surface area contributed by atoms with Crippen LogP contribution in [0.15, 0.2) is 47.4 Å². The van der Waals surface area contributed by atoms with E-state index >= 15 is 0 Å². The van der Waals surface area contributed by atoms with Gasteiger partial charge < -0.3 is 15.2 Å². The maximum atomic E-state index is 13.3. The van der Waals surface area contributed by atoms with Gasteiger partial charge in [-0.3, -0.25) is 0 Å². The molecule has 0 aliphatic carbocycles. The van der Waals surface area contributed by atoms with Gasteiger partial charge in [0.15, 0.2) is 21.6 Å². The Balaban J connectivity index is 1.93. The number of hydrogen-bond donors (Lipinski definition) is 2. The van der Waals surface area contributed by atoms with Crippen LogP contribution in [0.4, 0.5) is 10.9 Å². The van der Waals surface area contributed by atoms with Gasteiger partial charge in [-0.25, -0.2) is 18.2 Å². The van der Waals surface area contributed by atoms with Gasteiger partial charge in [0, 0.05) is 0 Å². The summed E-state index contributed by atoms with van der Waals surface area (Å²) in [5.41, 5.74) is 1.08. The molecule has 2 aromatic heterocycles. The second-order valence-electron chi connectivity index (χ2n) is 7.92. The van der Waals surface area contributed by atoms with Gasteiger partial charge in [0.1, 0.15) is 5.82 Å². The Morgan fingerprint density at radius 2 is 1.78 bits per heavy atom. The summed E-state index contributed by atoms with van der Waals surface area (Å²) in [6.45, 7) is 4.22. The van der Waals surface area contributed by atoms with Crippen LogP contribution in [-0.4, -0.2) is 45.8 Å². The van der Waals surface area contributed by atoms with E-state index in [2.05, 4.69) is 20.3 Å². The lowest BCUT2D eigenvalue weighted by Crippen LogP contribution is -2.28. The predicted molar refractivity (Wildman–Crippen MR) is 123 cm³/mol. The molecule has 0 unspecified atom stereocenters. The number of nitrogens with zero attached hydrogens (tertiary/aromatic N) is 3. The number of rotatable bonds is 6. The summed E-state index contributed by atoms with van der Waals surface area (Å²) in [7, 11) is -3.75. The van der Waals surface area contributed by atoms with Crippen LogP contribution in [0, 0.1) is 0 Å². The Morgan fingerprint density at radius 3 is 2.47 bits per heavy atom. The second kappa shape index (κ2) is 7.99. The SMILES string of the molecule is CC(C)(C)S(=O)(=O)c1cccc2nc(OCC(=O)O)nc(Nc3nc4ccccc4s3)c12. The smallest absolute Gasteiger partial charge is 0.341 e.